The Kier molecular flexibility index (Phi) is 3.92. The number of methoxy groups -OCH3 is 1. The standard InChI is InChI=1S/C13H19NO3S/c1-17-9-13(10-3-4-10)14-11-5-7-12(8-6-11)18(2,15)16/h5-8,10,13-14H,3-4,9H2,1-2H3. The predicted octanol–water partition coefficient (Wildman–Crippen LogP) is 1.93. The fourth-order valence-electron chi connectivity index (χ4n) is 1.99. The van der Waals surface area contributed by atoms with Crippen molar-refractivity contribution < 1.29 is 13.2 Å². The van der Waals surface area contributed by atoms with Crippen LogP contribution in [0.25, 0.3) is 0 Å². The average molecular weight is 269 g/mol. The summed E-state index contributed by atoms with van der Waals surface area (Å²) in [6.45, 7) is 0.679. The van der Waals surface area contributed by atoms with Crippen LogP contribution in [0, 0.1) is 5.92 Å². The molecule has 1 aromatic rings. The minimum Gasteiger partial charge on any atom is -0.383 e. The number of benzene rings is 1. The van der Waals surface area contributed by atoms with Crippen molar-refractivity contribution in [2.24, 2.45) is 5.92 Å². The van der Waals surface area contributed by atoms with Crippen LogP contribution in [0.1, 0.15) is 12.8 Å². The Morgan fingerprint density at radius 2 is 1.94 bits per heavy atom. The average Bonchev–Trinajstić information content (AvgIpc) is 3.12. The van der Waals surface area contributed by atoms with Crippen LogP contribution in [-0.4, -0.2) is 34.4 Å². The molecule has 0 radical (unpaired) electrons. The molecule has 0 aliphatic heterocycles. The Labute approximate surface area is 108 Å². The van der Waals surface area contributed by atoms with Crippen molar-refractivity contribution in [3.8, 4) is 0 Å². The Bertz CT molecular complexity index is 491. The van der Waals surface area contributed by atoms with Crippen LogP contribution in [0.4, 0.5) is 5.69 Å². The maximum Gasteiger partial charge on any atom is 0.175 e. The topological polar surface area (TPSA) is 55.4 Å². The van der Waals surface area contributed by atoms with Crippen molar-refractivity contribution in [2.45, 2.75) is 23.8 Å². The van der Waals surface area contributed by atoms with Gasteiger partial charge in [-0.15, -0.1) is 0 Å². The number of hydrogen-bond donors (Lipinski definition) is 1. The molecule has 0 spiro atoms. The van der Waals surface area contributed by atoms with Gasteiger partial charge in [-0.3, -0.25) is 0 Å². The summed E-state index contributed by atoms with van der Waals surface area (Å²) >= 11 is 0. The Hall–Kier alpha value is -1.07. The summed E-state index contributed by atoms with van der Waals surface area (Å²) in [7, 11) is -1.42. The molecule has 1 atom stereocenters. The Balaban J connectivity index is 2.05. The van der Waals surface area contributed by atoms with E-state index in [1.807, 2.05) is 0 Å². The number of rotatable bonds is 6. The first-order valence-corrected chi connectivity index (χ1v) is 7.95. The monoisotopic (exact) mass is 269 g/mol. The van der Waals surface area contributed by atoms with Crippen LogP contribution in [0.5, 0.6) is 0 Å². The summed E-state index contributed by atoms with van der Waals surface area (Å²) in [5.74, 6) is 0.680. The molecule has 0 heterocycles. The highest BCUT2D eigenvalue weighted by atomic mass is 32.2. The largest absolute Gasteiger partial charge is 0.383 e. The van der Waals surface area contributed by atoms with E-state index in [4.69, 9.17) is 4.74 Å². The van der Waals surface area contributed by atoms with Crippen molar-refractivity contribution in [2.75, 3.05) is 25.3 Å². The lowest BCUT2D eigenvalue weighted by Gasteiger charge is -2.18. The third-order valence-electron chi connectivity index (χ3n) is 3.17. The van der Waals surface area contributed by atoms with Crippen LogP contribution in [-0.2, 0) is 14.6 Å². The first-order valence-electron chi connectivity index (χ1n) is 6.06. The van der Waals surface area contributed by atoms with E-state index >= 15 is 0 Å². The number of sulfone groups is 1. The maximum absolute atomic E-state index is 11.3. The van der Waals surface area contributed by atoms with Crippen molar-refractivity contribution in [3.63, 3.8) is 0 Å². The normalized spacial score (nSPS) is 17.4. The van der Waals surface area contributed by atoms with E-state index in [2.05, 4.69) is 5.32 Å². The van der Waals surface area contributed by atoms with Crippen molar-refractivity contribution in [3.05, 3.63) is 24.3 Å². The van der Waals surface area contributed by atoms with E-state index in [-0.39, 0.29) is 0 Å². The molecule has 1 aliphatic carbocycles. The van der Waals surface area contributed by atoms with Crippen molar-refractivity contribution >= 4 is 15.5 Å². The minimum atomic E-state index is -3.11. The quantitative estimate of drug-likeness (QED) is 0.857. The lowest BCUT2D eigenvalue weighted by molar-refractivity contribution is 0.179. The number of hydrogen-bond acceptors (Lipinski definition) is 4. The summed E-state index contributed by atoms with van der Waals surface area (Å²) < 4.78 is 27.9. The van der Waals surface area contributed by atoms with Crippen LogP contribution in [0.15, 0.2) is 29.2 Å². The molecule has 1 aromatic carbocycles. The van der Waals surface area contributed by atoms with E-state index in [1.165, 1.54) is 19.1 Å². The maximum atomic E-state index is 11.3. The summed E-state index contributed by atoms with van der Waals surface area (Å²) in [4.78, 5) is 0.350. The molecule has 2 rings (SSSR count). The molecule has 1 aliphatic rings. The minimum absolute atomic E-state index is 0.319. The number of ether oxygens (including phenoxy) is 1. The summed E-state index contributed by atoms with van der Waals surface area (Å²) in [6, 6.07) is 7.20. The summed E-state index contributed by atoms with van der Waals surface area (Å²) in [5.41, 5.74) is 0.941. The van der Waals surface area contributed by atoms with Gasteiger partial charge >= 0.3 is 0 Å². The van der Waals surface area contributed by atoms with Gasteiger partial charge in [-0.1, -0.05) is 0 Å². The summed E-state index contributed by atoms with van der Waals surface area (Å²) in [5, 5.41) is 3.40. The fourth-order valence-corrected chi connectivity index (χ4v) is 2.62. The molecular formula is C13H19NO3S. The van der Waals surface area contributed by atoms with Gasteiger partial charge in [0.15, 0.2) is 9.84 Å². The van der Waals surface area contributed by atoms with Gasteiger partial charge in [-0.25, -0.2) is 8.42 Å². The molecule has 4 nitrogen and oxygen atoms in total. The third-order valence-corrected chi connectivity index (χ3v) is 4.30. The SMILES string of the molecule is COCC(Nc1ccc(S(C)(=O)=O)cc1)C1CC1. The number of anilines is 1. The van der Waals surface area contributed by atoms with Crippen molar-refractivity contribution in [1.29, 1.82) is 0 Å². The van der Waals surface area contributed by atoms with Gasteiger partial charge in [-0.05, 0) is 43.0 Å². The van der Waals surface area contributed by atoms with Crippen LogP contribution in [0.3, 0.4) is 0 Å². The number of nitrogens with one attached hydrogen (secondary N) is 1. The first-order chi connectivity index (χ1) is 8.50. The molecule has 5 heteroatoms. The molecule has 18 heavy (non-hydrogen) atoms. The Morgan fingerprint density at radius 3 is 2.39 bits per heavy atom. The van der Waals surface area contributed by atoms with E-state index in [0.29, 0.717) is 23.5 Å². The molecule has 1 fully saturated rings. The zero-order valence-electron chi connectivity index (χ0n) is 10.7. The second-order valence-corrected chi connectivity index (χ2v) is 6.86. The zero-order valence-corrected chi connectivity index (χ0v) is 11.5. The first kappa shape index (κ1) is 13.4. The molecule has 100 valence electrons. The van der Waals surface area contributed by atoms with Gasteiger partial charge in [0.1, 0.15) is 0 Å². The highest BCUT2D eigenvalue weighted by Crippen LogP contribution is 2.34. The van der Waals surface area contributed by atoms with Gasteiger partial charge in [0, 0.05) is 19.1 Å². The van der Waals surface area contributed by atoms with Gasteiger partial charge in [0.25, 0.3) is 0 Å². The smallest absolute Gasteiger partial charge is 0.175 e. The highest BCUT2D eigenvalue weighted by molar-refractivity contribution is 7.90. The second-order valence-electron chi connectivity index (χ2n) is 4.84. The zero-order chi connectivity index (χ0) is 13.2. The fraction of sp³-hybridized carbons (Fsp3) is 0.538. The van der Waals surface area contributed by atoms with Crippen LogP contribution >= 0.6 is 0 Å². The van der Waals surface area contributed by atoms with Gasteiger partial charge < -0.3 is 10.1 Å². The van der Waals surface area contributed by atoms with E-state index in [9.17, 15) is 8.42 Å². The molecule has 1 N–H and O–H groups in total. The lowest BCUT2D eigenvalue weighted by atomic mass is 10.2. The van der Waals surface area contributed by atoms with Crippen LogP contribution in [0.2, 0.25) is 0 Å². The van der Waals surface area contributed by atoms with Crippen molar-refractivity contribution in [1.82, 2.24) is 0 Å². The lowest BCUT2D eigenvalue weighted by Crippen LogP contribution is -2.27. The molecule has 1 unspecified atom stereocenters. The Morgan fingerprint density at radius 1 is 1.33 bits per heavy atom. The van der Waals surface area contributed by atoms with E-state index < -0.39 is 9.84 Å². The van der Waals surface area contributed by atoms with Crippen LogP contribution < -0.4 is 5.32 Å². The van der Waals surface area contributed by atoms with Gasteiger partial charge in [-0.2, -0.15) is 0 Å². The summed E-state index contributed by atoms with van der Waals surface area (Å²) in [6.07, 6.45) is 3.69. The van der Waals surface area contributed by atoms with Gasteiger partial charge in [0.05, 0.1) is 17.5 Å². The molecular weight excluding hydrogens is 250 g/mol. The third kappa shape index (κ3) is 3.46. The molecule has 1 saturated carbocycles. The van der Waals surface area contributed by atoms with Gasteiger partial charge in [0.2, 0.25) is 0 Å². The molecule has 0 amide bonds. The highest BCUT2D eigenvalue weighted by Gasteiger charge is 2.31. The molecule has 0 bridgehead atoms. The molecule has 0 aromatic heterocycles. The molecule has 0 saturated heterocycles. The second kappa shape index (κ2) is 5.28. The van der Waals surface area contributed by atoms with E-state index in [0.717, 1.165) is 5.69 Å². The predicted molar refractivity (Wildman–Crippen MR) is 71.6 cm³/mol. The van der Waals surface area contributed by atoms with E-state index in [1.54, 1.807) is 31.4 Å².